The van der Waals surface area contributed by atoms with Crippen LogP contribution in [0.5, 0.6) is 0 Å². The summed E-state index contributed by atoms with van der Waals surface area (Å²) < 4.78 is 0. The molecular weight excluding hydrogens is 416 g/mol. The van der Waals surface area contributed by atoms with E-state index in [2.05, 4.69) is 5.43 Å². The maximum atomic E-state index is 13.0. The largest absolute Gasteiger partial charge is 0.282 e. The number of carbonyl (C=O) groups excluding carboxylic acids is 4. The second-order valence-electron chi connectivity index (χ2n) is 7.64. The van der Waals surface area contributed by atoms with Crippen LogP contribution in [0.4, 0.5) is 11.4 Å². The zero-order chi connectivity index (χ0) is 23.6. The molecule has 1 saturated heterocycles. The van der Waals surface area contributed by atoms with Gasteiger partial charge in [-0.05, 0) is 29.7 Å². The van der Waals surface area contributed by atoms with Crippen molar-refractivity contribution >= 4 is 35.0 Å². The van der Waals surface area contributed by atoms with E-state index in [4.69, 9.17) is 0 Å². The Labute approximate surface area is 183 Å². The van der Waals surface area contributed by atoms with Crippen molar-refractivity contribution in [3.05, 3.63) is 69.8 Å². The molecule has 2 aromatic carbocycles. The Kier molecular flexibility index (Phi) is 6.33. The number of anilines is 1. The smallest absolute Gasteiger partial charge is 0.274 e. The summed E-state index contributed by atoms with van der Waals surface area (Å²) in [6.45, 7) is 5.15. The molecule has 1 fully saturated rings. The molecule has 0 aromatic heterocycles. The molecule has 1 aliphatic rings. The standard InChI is InChI=1S/C22H22N4O6/c1-13(2)15-8-10-16(11-9-15)24-20(28)12-19(22(24)30)25(14(3)27)23-21(29)17-6-4-5-7-18(17)26(31)32/h4-11,13,19H,12H2,1-3H3,(H,23,29). The fourth-order valence-electron chi connectivity index (χ4n) is 3.47. The highest BCUT2D eigenvalue weighted by Gasteiger charge is 2.44. The molecule has 0 saturated carbocycles. The van der Waals surface area contributed by atoms with Crippen LogP contribution >= 0.6 is 0 Å². The number of para-hydroxylation sites is 1. The van der Waals surface area contributed by atoms with Crippen LogP contribution in [-0.2, 0) is 14.4 Å². The topological polar surface area (TPSA) is 130 Å². The normalized spacial score (nSPS) is 15.8. The lowest BCUT2D eigenvalue weighted by atomic mass is 10.0. The van der Waals surface area contributed by atoms with Gasteiger partial charge in [0.15, 0.2) is 0 Å². The summed E-state index contributed by atoms with van der Waals surface area (Å²) in [5.74, 6) is -2.56. The van der Waals surface area contributed by atoms with E-state index in [-0.39, 0.29) is 17.9 Å². The Bertz CT molecular complexity index is 1100. The fourth-order valence-corrected chi connectivity index (χ4v) is 3.47. The maximum absolute atomic E-state index is 13.0. The minimum Gasteiger partial charge on any atom is -0.274 e. The quantitative estimate of drug-likeness (QED) is 0.434. The van der Waals surface area contributed by atoms with E-state index < -0.39 is 40.3 Å². The molecule has 1 heterocycles. The Morgan fingerprint density at radius 1 is 1.12 bits per heavy atom. The molecule has 2 aromatic rings. The van der Waals surface area contributed by atoms with Crippen molar-refractivity contribution in [2.45, 2.75) is 39.2 Å². The van der Waals surface area contributed by atoms with E-state index >= 15 is 0 Å². The van der Waals surface area contributed by atoms with Crippen LogP contribution in [0.1, 0.15) is 49.0 Å². The fraction of sp³-hybridized carbons (Fsp3) is 0.273. The Morgan fingerprint density at radius 3 is 2.31 bits per heavy atom. The lowest BCUT2D eigenvalue weighted by Crippen LogP contribution is -2.54. The van der Waals surface area contributed by atoms with Gasteiger partial charge in [0, 0.05) is 13.0 Å². The predicted molar refractivity (Wildman–Crippen MR) is 115 cm³/mol. The second-order valence-corrected chi connectivity index (χ2v) is 7.64. The number of nitrogens with zero attached hydrogens (tertiary/aromatic N) is 3. The monoisotopic (exact) mass is 438 g/mol. The van der Waals surface area contributed by atoms with E-state index in [0.29, 0.717) is 5.69 Å². The molecule has 0 radical (unpaired) electrons. The number of hydrazine groups is 1. The van der Waals surface area contributed by atoms with Crippen molar-refractivity contribution in [3.8, 4) is 0 Å². The molecule has 4 amide bonds. The van der Waals surface area contributed by atoms with Crippen molar-refractivity contribution in [1.29, 1.82) is 0 Å². The van der Waals surface area contributed by atoms with Gasteiger partial charge in [-0.2, -0.15) is 0 Å². The van der Waals surface area contributed by atoms with Crippen molar-refractivity contribution in [3.63, 3.8) is 0 Å². The van der Waals surface area contributed by atoms with Crippen LogP contribution in [0.15, 0.2) is 48.5 Å². The third-order valence-electron chi connectivity index (χ3n) is 5.16. The summed E-state index contributed by atoms with van der Waals surface area (Å²) in [5.41, 5.74) is 2.93. The first-order chi connectivity index (χ1) is 15.1. The molecule has 1 N–H and O–H groups in total. The molecule has 10 nitrogen and oxygen atoms in total. The molecule has 1 aliphatic heterocycles. The van der Waals surface area contributed by atoms with E-state index in [1.807, 2.05) is 26.0 Å². The summed E-state index contributed by atoms with van der Waals surface area (Å²) >= 11 is 0. The lowest BCUT2D eigenvalue weighted by Gasteiger charge is -2.26. The van der Waals surface area contributed by atoms with Gasteiger partial charge in [-0.1, -0.05) is 38.1 Å². The number of hydrogen-bond acceptors (Lipinski definition) is 6. The third-order valence-corrected chi connectivity index (χ3v) is 5.16. The zero-order valence-electron chi connectivity index (χ0n) is 17.8. The molecule has 10 heteroatoms. The van der Waals surface area contributed by atoms with E-state index in [1.165, 1.54) is 18.2 Å². The maximum Gasteiger partial charge on any atom is 0.282 e. The Hall–Kier alpha value is -4.08. The van der Waals surface area contributed by atoms with Gasteiger partial charge < -0.3 is 0 Å². The second kappa shape index (κ2) is 8.96. The van der Waals surface area contributed by atoms with Gasteiger partial charge in [-0.15, -0.1) is 0 Å². The summed E-state index contributed by atoms with van der Waals surface area (Å²) in [6, 6.07) is 10.9. The molecule has 1 unspecified atom stereocenters. The first-order valence-corrected chi connectivity index (χ1v) is 9.92. The van der Waals surface area contributed by atoms with Crippen molar-refractivity contribution in [2.24, 2.45) is 0 Å². The van der Waals surface area contributed by atoms with Crippen LogP contribution in [0.3, 0.4) is 0 Å². The average Bonchev–Trinajstić information content (AvgIpc) is 3.05. The number of hydrogen-bond donors (Lipinski definition) is 1. The predicted octanol–water partition coefficient (Wildman–Crippen LogP) is 2.54. The highest BCUT2D eigenvalue weighted by atomic mass is 16.6. The minimum atomic E-state index is -1.27. The van der Waals surface area contributed by atoms with Crippen LogP contribution in [0.2, 0.25) is 0 Å². The lowest BCUT2D eigenvalue weighted by molar-refractivity contribution is -0.385. The summed E-state index contributed by atoms with van der Waals surface area (Å²) in [4.78, 5) is 62.0. The van der Waals surface area contributed by atoms with Gasteiger partial charge in [0.1, 0.15) is 11.6 Å². The van der Waals surface area contributed by atoms with Gasteiger partial charge in [0.25, 0.3) is 17.5 Å². The van der Waals surface area contributed by atoms with E-state index in [9.17, 15) is 29.3 Å². The number of nitrogens with one attached hydrogen (secondary N) is 1. The van der Waals surface area contributed by atoms with Crippen LogP contribution < -0.4 is 10.3 Å². The van der Waals surface area contributed by atoms with Gasteiger partial charge >= 0.3 is 0 Å². The number of amides is 4. The molecule has 0 spiro atoms. The number of imide groups is 1. The number of nitro groups is 1. The minimum absolute atomic E-state index is 0.271. The zero-order valence-corrected chi connectivity index (χ0v) is 17.8. The molecule has 32 heavy (non-hydrogen) atoms. The Morgan fingerprint density at radius 2 is 1.75 bits per heavy atom. The number of carbonyl (C=O) groups is 4. The van der Waals surface area contributed by atoms with Gasteiger partial charge in [0.2, 0.25) is 11.8 Å². The van der Waals surface area contributed by atoms with E-state index in [1.54, 1.807) is 12.1 Å². The molecular formula is C22H22N4O6. The van der Waals surface area contributed by atoms with Gasteiger partial charge in [0.05, 0.1) is 17.0 Å². The number of nitro benzene ring substituents is 1. The first kappa shape index (κ1) is 22.6. The van der Waals surface area contributed by atoms with E-state index in [0.717, 1.165) is 28.5 Å². The third kappa shape index (κ3) is 4.34. The van der Waals surface area contributed by atoms with Crippen LogP contribution in [0, 0.1) is 10.1 Å². The number of rotatable bonds is 5. The van der Waals surface area contributed by atoms with Crippen LogP contribution in [-0.4, -0.2) is 39.6 Å². The SMILES string of the molecule is CC(=O)N(NC(=O)c1ccccc1[N+](=O)[O-])C1CC(=O)N(c2ccc(C(C)C)cc2)C1=O. The summed E-state index contributed by atoms with van der Waals surface area (Å²) in [6.07, 6.45) is -0.332. The van der Waals surface area contributed by atoms with Crippen molar-refractivity contribution in [1.82, 2.24) is 10.4 Å². The van der Waals surface area contributed by atoms with Gasteiger partial charge in [-0.25, -0.2) is 9.91 Å². The average molecular weight is 438 g/mol. The molecule has 1 atom stereocenters. The first-order valence-electron chi connectivity index (χ1n) is 9.92. The number of benzene rings is 2. The highest BCUT2D eigenvalue weighted by Crippen LogP contribution is 2.27. The highest BCUT2D eigenvalue weighted by molar-refractivity contribution is 6.23. The summed E-state index contributed by atoms with van der Waals surface area (Å²) in [5, 5.41) is 12.0. The molecule has 166 valence electrons. The van der Waals surface area contributed by atoms with Gasteiger partial charge in [-0.3, -0.25) is 34.7 Å². The van der Waals surface area contributed by atoms with Crippen molar-refractivity contribution < 1.29 is 24.1 Å². The molecule has 0 bridgehead atoms. The summed E-state index contributed by atoms with van der Waals surface area (Å²) in [7, 11) is 0. The van der Waals surface area contributed by atoms with Crippen molar-refractivity contribution in [2.75, 3.05) is 4.90 Å². The Balaban J connectivity index is 1.85. The molecule has 0 aliphatic carbocycles. The van der Waals surface area contributed by atoms with Crippen LogP contribution in [0.25, 0.3) is 0 Å². The molecule has 3 rings (SSSR count).